The Hall–Kier alpha value is -1.05. The zero-order chi connectivity index (χ0) is 12.9. The molecule has 0 aromatic heterocycles. The van der Waals surface area contributed by atoms with Crippen LogP contribution in [0.5, 0.6) is 0 Å². The van der Waals surface area contributed by atoms with E-state index in [9.17, 15) is 15.2 Å². The van der Waals surface area contributed by atoms with Crippen molar-refractivity contribution in [2.45, 2.75) is 32.2 Å². The maximum absolute atomic E-state index is 10.9. The summed E-state index contributed by atoms with van der Waals surface area (Å²) in [6.07, 6.45) is 1.69. The lowest BCUT2D eigenvalue weighted by molar-refractivity contribution is -0.568. The predicted molar refractivity (Wildman–Crippen MR) is 72.4 cm³/mol. The molecule has 1 rings (SSSR count). The van der Waals surface area contributed by atoms with Crippen molar-refractivity contribution in [3.63, 3.8) is 0 Å². The SMILES string of the molecule is CCN(CC)CC(O)CC1([N+](=O)[O-])N=CC=N1.Cl. The van der Waals surface area contributed by atoms with E-state index in [1.807, 2.05) is 18.7 Å². The van der Waals surface area contributed by atoms with Gasteiger partial charge < -0.3 is 10.0 Å². The Morgan fingerprint density at radius 3 is 2.28 bits per heavy atom. The molecule has 8 heteroatoms. The summed E-state index contributed by atoms with van der Waals surface area (Å²) in [5.41, 5.74) is 0. The molecule has 1 heterocycles. The molecule has 1 atom stereocenters. The van der Waals surface area contributed by atoms with E-state index >= 15 is 0 Å². The van der Waals surface area contributed by atoms with E-state index in [1.54, 1.807) is 0 Å². The number of nitrogens with zero attached hydrogens (tertiary/aromatic N) is 4. The molecule has 0 aliphatic carbocycles. The van der Waals surface area contributed by atoms with Crippen molar-refractivity contribution in [2.24, 2.45) is 9.98 Å². The van der Waals surface area contributed by atoms with Crippen LogP contribution in [0.4, 0.5) is 0 Å². The summed E-state index contributed by atoms with van der Waals surface area (Å²) < 4.78 is 0. The van der Waals surface area contributed by atoms with Crippen molar-refractivity contribution in [1.29, 1.82) is 0 Å². The molecule has 104 valence electrons. The predicted octanol–water partition coefficient (Wildman–Crippen LogP) is 0.587. The third kappa shape index (κ3) is 4.01. The molecule has 0 saturated carbocycles. The molecule has 18 heavy (non-hydrogen) atoms. The Morgan fingerprint density at radius 1 is 1.39 bits per heavy atom. The van der Waals surface area contributed by atoms with Crippen LogP contribution in [0.15, 0.2) is 9.98 Å². The van der Waals surface area contributed by atoms with Gasteiger partial charge in [-0.25, -0.2) is 0 Å². The molecule has 0 spiro atoms. The van der Waals surface area contributed by atoms with Crippen LogP contribution in [0.25, 0.3) is 0 Å². The molecule has 0 amide bonds. The first-order valence-electron chi connectivity index (χ1n) is 5.68. The van der Waals surface area contributed by atoms with E-state index in [1.165, 1.54) is 12.4 Å². The lowest BCUT2D eigenvalue weighted by atomic mass is 10.1. The van der Waals surface area contributed by atoms with Crippen LogP contribution >= 0.6 is 12.4 Å². The van der Waals surface area contributed by atoms with Gasteiger partial charge in [-0.05, 0) is 13.1 Å². The Labute approximate surface area is 112 Å². The molecule has 1 N–H and O–H groups in total. The van der Waals surface area contributed by atoms with Crippen molar-refractivity contribution >= 4 is 24.8 Å². The number of hydrogen-bond acceptors (Lipinski definition) is 6. The lowest BCUT2D eigenvalue weighted by Crippen LogP contribution is -2.41. The van der Waals surface area contributed by atoms with Gasteiger partial charge in [0.1, 0.15) is 0 Å². The minimum atomic E-state index is -1.72. The average molecular weight is 279 g/mol. The van der Waals surface area contributed by atoms with Crippen LogP contribution < -0.4 is 0 Å². The topological polar surface area (TPSA) is 91.3 Å². The van der Waals surface area contributed by atoms with Gasteiger partial charge in [0.2, 0.25) is 0 Å². The zero-order valence-corrected chi connectivity index (χ0v) is 11.3. The molecular formula is C10H19ClN4O3. The highest BCUT2D eigenvalue weighted by Crippen LogP contribution is 2.23. The molecule has 0 saturated heterocycles. The first-order chi connectivity index (χ1) is 8.04. The second-order valence-corrected chi connectivity index (χ2v) is 3.93. The van der Waals surface area contributed by atoms with E-state index in [0.29, 0.717) is 6.54 Å². The summed E-state index contributed by atoms with van der Waals surface area (Å²) >= 11 is 0. The van der Waals surface area contributed by atoms with E-state index in [0.717, 1.165) is 13.1 Å². The van der Waals surface area contributed by atoms with Gasteiger partial charge >= 0.3 is 5.79 Å². The van der Waals surface area contributed by atoms with Crippen LogP contribution in [0.1, 0.15) is 20.3 Å². The molecule has 1 unspecified atom stereocenters. The van der Waals surface area contributed by atoms with Gasteiger partial charge in [0.15, 0.2) is 0 Å². The maximum Gasteiger partial charge on any atom is 0.414 e. The van der Waals surface area contributed by atoms with Crippen LogP contribution in [0, 0.1) is 10.1 Å². The number of halogens is 1. The van der Waals surface area contributed by atoms with Gasteiger partial charge in [0.25, 0.3) is 0 Å². The minimum Gasteiger partial charge on any atom is -0.391 e. The summed E-state index contributed by atoms with van der Waals surface area (Å²) in [6.45, 7) is 5.95. The first-order valence-corrected chi connectivity index (χ1v) is 5.68. The summed E-state index contributed by atoms with van der Waals surface area (Å²) in [6, 6.07) is 0. The second-order valence-electron chi connectivity index (χ2n) is 3.93. The highest BCUT2D eigenvalue weighted by atomic mass is 35.5. The van der Waals surface area contributed by atoms with E-state index in [4.69, 9.17) is 0 Å². The third-order valence-electron chi connectivity index (χ3n) is 2.79. The Morgan fingerprint density at radius 2 is 1.89 bits per heavy atom. The minimum absolute atomic E-state index is 0. The van der Waals surface area contributed by atoms with Gasteiger partial charge in [-0.2, -0.15) is 9.98 Å². The molecular weight excluding hydrogens is 260 g/mol. The highest BCUT2D eigenvalue weighted by Gasteiger charge is 2.45. The van der Waals surface area contributed by atoms with Gasteiger partial charge in [0.05, 0.1) is 17.4 Å². The molecule has 0 bridgehead atoms. The summed E-state index contributed by atoms with van der Waals surface area (Å²) in [5, 5.41) is 20.8. The first kappa shape index (κ1) is 16.9. The Balaban J connectivity index is 0.00000289. The van der Waals surface area contributed by atoms with Crippen molar-refractivity contribution in [3.05, 3.63) is 10.1 Å². The normalized spacial score (nSPS) is 17.8. The monoisotopic (exact) mass is 278 g/mol. The quantitative estimate of drug-likeness (QED) is 0.545. The van der Waals surface area contributed by atoms with E-state index < -0.39 is 16.8 Å². The van der Waals surface area contributed by atoms with Gasteiger partial charge in [-0.1, -0.05) is 13.8 Å². The number of nitro groups is 1. The van der Waals surface area contributed by atoms with Crippen molar-refractivity contribution in [1.82, 2.24) is 4.90 Å². The van der Waals surface area contributed by atoms with Gasteiger partial charge in [-0.15, -0.1) is 12.4 Å². The lowest BCUT2D eigenvalue weighted by Gasteiger charge is -2.23. The van der Waals surface area contributed by atoms with Crippen LogP contribution in [-0.2, 0) is 0 Å². The number of aliphatic hydroxyl groups is 1. The maximum atomic E-state index is 10.9. The second kappa shape index (κ2) is 7.40. The van der Waals surface area contributed by atoms with Crippen molar-refractivity contribution in [3.8, 4) is 0 Å². The van der Waals surface area contributed by atoms with Crippen molar-refractivity contribution in [2.75, 3.05) is 19.6 Å². The van der Waals surface area contributed by atoms with E-state index in [-0.39, 0.29) is 18.8 Å². The highest BCUT2D eigenvalue weighted by molar-refractivity contribution is 6.17. The number of hydrogen-bond donors (Lipinski definition) is 1. The van der Waals surface area contributed by atoms with Crippen LogP contribution in [0.2, 0.25) is 0 Å². The number of aliphatic hydroxyl groups excluding tert-OH is 1. The van der Waals surface area contributed by atoms with Crippen molar-refractivity contribution < 1.29 is 10.0 Å². The largest absolute Gasteiger partial charge is 0.414 e. The molecule has 0 aromatic carbocycles. The molecule has 1 aliphatic rings. The van der Waals surface area contributed by atoms with Gasteiger partial charge in [0, 0.05) is 19.0 Å². The van der Waals surface area contributed by atoms with Crippen LogP contribution in [0.3, 0.4) is 0 Å². The van der Waals surface area contributed by atoms with Crippen LogP contribution in [-0.4, -0.2) is 58.9 Å². The summed E-state index contributed by atoms with van der Waals surface area (Å²) in [7, 11) is 0. The molecule has 0 radical (unpaired) electrons. The fourth-order valence-electron chi connectivity index (χ4n) is 1.77. The summed E-state index contributed by atoms with van der Waals surface area (Å²) in [5.74, 6) is -1.72. The number of rotatable bonds is 7. The molecule has 0 aromatic rings. The standard InChI is InChI=1S/C10H18N4O3.ClH/c1-3-13(4-2)8-9(15)7-10(14(16)17)11-5-6-12-10;/h5-6,9,15H,3-4,7-8H2,1-2H3;1H. The fraction of sp³-hybridized carbons (Fsp3) is 0.800. The smallest absolute Gasteiger partial charge is 0.391 e. The Bertz CT molecular complexity index is 319. The Kier molecular flexibility index (Phi) is 6.97. The molecule has 0 fully saturated rings. The summed E-state index contributed by atoms with van der Waals surface area (Å²) in [4.78, 5) is 19.9. The number of likely N-dealkylation sites (N-methyl/N-ethyl adjacent to an activating group) is 1. The molecule has 7 nitrogen and oxygen atoms in total. The number of aliphatic imine (C=N–C) groups is 2. The average Bonchev–Trinajstić information content (AvgIpc) is 2.75. The van der Waals surface area contributed by atoms with E-state index in [2.05, 4.69) is 9.98 Å². The fourth-order valence-corrected chi connectivity index (χ4v) is 1.77. The molecule has 1 aliphatic heterocycles. The van der Waals surface area contributed by atoms with Gasteiger partial charge in [-0.3, -0.25) is 10.1 Å². The zero-order valence-electron chi connectivity index (χ0n) is 10.5. The third-order valence-corrected chi connectivity index (χ3v) is 2.79.